The zero-order valence-electron chi connectivity index (χ0n) is 14.6. The van der Waals surface area contributed by atoms with Crippen LogP contribution in [0.5, 0.6) is 0 Å². The number of hydrogen-bond acceptors (Lipinski definition) is 2. The summed E-state index contributed by atoms with van der Waals surface area (Å²) in [5.41, 5.74) is 3.64. The molecular formula is C21H22N2OS. The molecule has 2 aromatic heterocycles. The van der Waals surface area contributed by atoms with Crippen molar-refractivity contribution in [2.75, 3.05) is 6.54 Å². The molecule has 3 heterocycles. The first-order valence-electron chi connectivity index (χ1n) is 8.79. The van der Waals surface area contributed by atoms with Crippen LogP contribution in [0.2, 0.25) is 0 Å². The lowest BCUT2D eigenvalue weighted by atomic mass is 9.99. The van der Waals surface area contributed by atoms with Crippen LogP contribution in [0.15, 0.2) is 54.7 Å². The van der Waals surface area contributed by atoms with E-state index in [9.17, 15) is 4.79 Å². The number of benzene rings is 1. The first kappa shape index (κ1) is 16.2. The van der Waals surface area contributed by atoms with Gasteiger partial charge >= 0.3 is 0 Å². The molecule has 25 heavy (non-hydrogen) atoms. The van der Waals surface area contributed by atoms with Crippen molar-refractivity contribution in [1.29, 1.82) is 0 Å². The van der Waals surface area contributed by atoms with Crippen molar-refractivity contribution in [2.24, 2.45) is 0 Å². The summed E-state index contributed by atoms with van der Waals surface area (Å²) in [6, 6.07) is 16.6. The van der Waals surface area contributed by atoms with Gasteiger partial charge in [0.2, 0.25) is 0 Å². The first-order chi connectivity index (χ1) is 12.2. The summed E-state index contributed by atoms with van der Waals surface area (Å²) in [6.07, 6.45) is 3.08. The summed E-state index contributed by atoms with van der Waals surface area (Å²) < 4.78 is 2.26. The largest absolute Gasteiger partial charge is 0.348 e. The molecule has 1 unspecified atom stereocenters. The van der Waals surface area contributed by atoms with E-state index in [1.165, 1.54) is 21.7 Å². The van der Waals surface area contributed by atoms with Crippen LogP contribution < -0.4 is 0 Å². The summed E-state index contributed by atoms with van der Waals surface area (Å²) in [4.78, 5) is 17.5. The molecule has 0 saturated carbocycles. The third-order valence-electron chi connectivity index (χ3n) is 5.03. The lowest BCUT2D eigenvalue weighted by Crippen LogP contribution is -2.42. The normalized spacial score (nSPS) is 16.7. The second-order valence-corrected chi connectivity index (χ2v) is 7.74. The number of hydrogen-bond donors (Lipinski definition) is 0. The molecule has 3 aromatic rings. The Bertz CT molecular complexity index is 894. The molecule has 1 aliphatic rings. The molecule has 128 valence electrons. The molecule has 4 heteroatoms. The molecular weight excluding hydrogens is 328 g/mol. The number of nitrogens with zero attached hydrogens (tertiary/aromatic N) is 2. The number of carbonyl (C=O) groups is 1. The molecule has 4 rings (SSSR count). The van der Waals surface area contributed by atoms with Crippen molar-refractivity contribution in [3.63, 3.8) is 0 Å². The van der Waals surface area contributed by atoms with Crippen LogP contribution >= 0.6 is 11.3 Å². The van der Waals surface area contributed by atoms with Gasteiger partial charge in [-0.2, -0.15) is 0 Å². The summed E-state index contributed by atoms with van der Waals surface area (Å²) in [7, 11) is 0. The molecule has 0 spiro atoms. The third kappa shape index (κ3) is 2.81. The lowest BCUT2D eigenvalue weighted by Gasteiger charge is -2.37. The summed E-state index contributed by atoms with van der Waals surface area (Å²) in [5.74, 6) is 0.147. The molecule has 0 saturated heterocycles. The van der Waals surface area contributed by atoms with E-state index in [0.717, 1.165) is 24.4 Å². The highest BCUT2D eigenvalue weighted by Crippen LogP contribution is 2.34. The number of rotatable bonds is 3. The van der Waals surface area contributed by atoms with Crippen molar-refractivity contribution < 1.29 is 4.79 Å². The van der Waals surface area contributed by atoms with Crippen LogP contribution in [-0.4, -0.2) is 21.9 Å². The van der Waals surface area contributed by atoms with Crippen molar-refractivity contribution in [1.82, 2.24) is 9.47 Å². The molecule has 0 N–H and O–H groups in total. The van der Waals surface area contributed by atoms with Gasteiger partial charge in [0.05, 0.1) is 10.9 Å². The topological polar surface area (TPSA) is 25.2 Å². The third-order valence-corrected chi connectivity index (χ3v) is 6.11. The number of fused-ring (bicyclic) bond motifs is 1. The fourth-order valence-electron chi connectivity index (χ4n) is 3.71. The molecule has 0 fully saturated rings. The SMILES string of the molecule is CCc1cc(C(=O)N2CCn3cccc3C2c2ccccc2)sc1C. The molecule has 1 aromatic carbocycles. The predicted octanol–water partition coefficient (Wildman–Crippen LogP) is 4.67. The Morgan fingerprint density at radius 1 is 1.16 bits per heavy atom. The Morgan fingerprint density at radius 3 is 2.68 bits per heavy atom. The molecule has 0 aliphatic carbocycles. The van der Waals surface area contributed by atoms with Crippen molar-refractivity contribution in [3.05, 3.63) is 81.3 Å². The van der Waals surface area contributed by atoms with Gasteiger partial charge in [0.15, 0.2) is 0 Å². The monoisotopic (exact) mass is 350 g/mol. The first-order valence-corrected chi connectivity index (χ1v) is 9.61. The highest BCUT2D eigenvalue weighted by molar-refractivity contribution is 7.14. The Balaban J connectivity index is 1.75. The van der Waals surface area contributed by atoms with Gasteiger partial charge in [0.25, 0.3) is 5.91 Å². The van der Waals surface area contributed by atoms with E-state index in [1.54, 1.807) is 11.3 Å². The molecule has 0 bridgehead atoms. The Hall–Kier alpha value is -2.33. The van der Waals surface area contributed by atoms with Crippen LogP contribution in [-0.2, 0) is 13.0 Å². The van der Waals surface area contributed by atoms with Crippen molar-refractivity contribution in [3.8, 4) is 0 Å². The van der Waals surface area contributed by atoms with E-state index in [4.69, 9.17) is 0 Å². The lowest BCUT2D eigenvalue weighted by molar-refractivity contribution is 0.0669. The standard InChI is InChI=1S/C21H22N2OS/c1-3-16-14-19(25-15(16)2)21(24)23-13-12-22-11-7-10-18(22)20(23)17-8-5-4-6-9-17/h4-11,14,20H,3,12-13H2,1-2H3. The fraction of sp³-hybridized carbons (Fsp3) is 0.286. The fourth-order valence-corrected chi connectivity index (χ4v) is 4.78. The average molecular weight is 350 g/mol. The van der Waals surface area contributed by atoms with Gasteiger partial charge in [-0.1, -0.05) is 37.3 Å². The summed E-state index contributed by atoms with van der Waals surface area (Å²) in [5, 5.41) is 0. The molecule has 3 nitrogen and oxygen atoms in total. The minimum absolute atomic E-state index is 0.0232. The van der Waals surface area contributed by atoms with Crippen LogP contribution in [0.1, 0.15) is 44.3 Å². The maximum atomic E-state index is 13.3. The number of aromatic nitrogens is 1. The molecule has 1 atom stereocenters. The minimum Gasteiger partial charge on any atom is -0.348 e. The predicted molar refractivity (Wildman–Crippen MR) is 102 cm³/mol. The van der Waals surface area contributed by atoms with Crippen molar-refractivity contribution in [2.45, 2.75) is 32.9 Å². The van der Waals surface area contributed by atoms with Gasteiger partial charge in [-0.25, -0.2) is 0 Å². The second kappa shape index (κ2) is 6.52. The molecule has 1 amide bonds. The van der Waals surface area contributed by atoms with Crippen molar-refractivity contribution >= 4 is 17.2 Å². The Kier molecular flexibility index (Phi) is 4.22. The smallest absolute Gasteiger partial charge is 0.264 e. The molecule has 0 radical (unpaired) electrons. The number of aryl methyl sites for hydroxylation is 2. The van der Waals surface area contributed by atoms with E-state index in [2.05, 4.69) is 54.9 Å². The van der Waals surface area contributed by atoms with E-state index in [0.29, 0.717) is 0 Å². The highest BCUT2D eigenvalue weighted by atomic mass is 32.1. The van der Waals surface area contributed by atoms with Gasteiger partial charge < -0.3 is 9.47 Å². The zero-order chi connectivity index (χ0) is 17.4. The number of thiophene rings is 1. The maximum absolute atomic E-state index is 13.3. The Morgan fingerprint density at radius 2 is 1.96 bits per heavy atom. The van der Waals surface area contributed by atoms with Gasteiger partial charge in [-0.3, -0.25) is 4.79 Å². The van der Waals surface area contributed by atoms with E-state index < -0.39 is 0 Å². The van der Waals surface area contributed by atoms with E-state index in [1.807, 2.05) is 23.1 Å². The van der Waals surface area contributed by atoms with Gasteiger partial charge in [-0.15, -0.1) is 11.3 Å². The summed E-state index contributed by atoms with van der Waals surface area (Å²) in [6.45, 7) is 5.83. The van der Waals surface area contributed by atoms with Gasteiger partial charge in [0.1, 0.15) is 0 Å². The van der Waals surface area contributed by atoms with E-state index in [-0.39, 0.29) is 11.9 Å². The van der Waals surface area contributed by atoms with Crippen LogP contribution in [0.4, 0.5) is 0 Å². The summed E-state index contributed by atoms with van der Waals surface area (Å²) >= 11 is 1.62. The number of amides is 1. The maximum Gasteiger partial charge on any atom is 0.264 e. The van der Waals surface area contributed by atoms with Crippen LogP contribution in [0, 0.1) is 6.92 Å². The average Bonchev–Trinajstić information content (AvgIpc) is 3.27. The minimum atomic E-state index is -0.0232. The number of carbonyl (C=O) groups excluding carboxylic acids is 1. The van der Waals surface area contributed by atoms with Gasteiger partial charge in [0, 0.05) is 29.9 Å². The quantitative estimate of drug-likeness (QED) is 0.674. The second-order valence-electron chi connectivity index (χ2n) is 6.48. The van der Waals surface area contributed by atoms with Gasteiger partial charge in [-0.05, 0) is 42.7 Å². The van der Waals surface area contributed by atoms with E-state index >= 15 is 0 Å². The Labute approximate surface area is 152 Å². The van der Waals surface area contributed by atoms with Crippen LogP contribution in [0.3, 0.4) is 0 Å². The zero-order valence-corrected chi connectivity index (χ0v) is 15.4. The van der Waals surface area contributed by atoms with Crippen LogP contribution in [0.25, 0.3) is 0 Å². The molecule has 1 aliphatic heterocycles. The highest BCUT2D eigenvalue weighted by Gasteiger charge is 2.33.